The smallest absolute Gasteiger partial charge is 0.163 e. The number of rotatable bonds is 6. The number of carbonyl (C=O) groups is 2. The maximum Gasteiger partial charge on any atom is 0.163 e. The first-order valence-electron chi connectivity index (χ1n) is 11.6. The van der Waals surface area contributed by atoms with E-state index >= 15 is 0 Å². The van der Waals surface area contributed by atoms with Crippen molar-refractivity contribution in [1.29, 1.82) is 0 Å². The maximum atomic E-state index is 13.2. The molecule has 2 aliphatic carbocycles. The summed E-state index contributed by atoms with van der Waals surface area (Å²) in [5.41, 5.74) is 1.64. The molecule has 1 aromatic carbocycles. The predicted molar refractivity (Wildman–Crippen MR) is 128 cm³/mol. The molecule has 1 aromatic rings. The lowest BCUT2D eigenvalue weighted by Crippen LogP contribution is -2.33. The van der Waals surface area contributed by atoms with Crippen LogP contribution in [0.1, 0.15) is 78.7 Å². The Hall–Kier alpha value is -2.56. The van der Waals surface area contributed by atoms with Crippen molar-refractivity contribution in [2.24, 2.45) is 10.8 Å². The van der Waals surface area contributed by atoms with E-state index in [1.54, 1.807) is 0 Å². The summed E-state index contributed by atoms with van der Waals surface area (Å²) in [6, 6.07) is 7.80. The third kappa shape index (κ3) is 4.77. The van der Waals surface area contributed by atoms with Gasteiger partial charge in [0.2, 0.25) is 0 Å². The lowest BCUT2D eigenvalue weighted by atomic mass is 9.67. The molecular weight excluding hydrogens is 402 g/mol. The standard InChI is InChI=1S/C27H37NO4/c1-7-28(8-2)18-11-9-17(10-12-18)23(24-19(29)13-26(3,4)14-20(24)30)25-21(31)15-27(5,6)16-22(25)32/h9-12,23,29,31H,7-8,13-16H2,1-6H3. The van der Waals surface area contributed by atoms with Gasteiger partial charge >= 0.3 is 0 Å². The van der Waals surface area contributed by atoms with Crippen molar-refractivity contribution in [3.05, 3.63) is 52.5 Å². The first-order chi connectivity index (χ1) is 14.9. The number of anilines is 1. The first kappa shape index (κ1) is 24.1. The first-order valence-corrected chi connectivity index (χ1v) is 11.6. The minimum atomic E-state index is -0.757. The molecule has 0 saturated heterocycles. The van der Waals surface area contributed by atoms with E-state index in [1.165, 1.54) is 0 Å². The summed E-state index contributed by atoms with van der Waals surface area (Å²) < 4.78 is 0. The number of aliphatic hydroxyl groups is 2. The number of benzene rings is 1. The summed E-state index contributed by atoms with van der Waals surface area (Å²) >= 11 is 0. The highest BCUT2D eigenvalue weighted by Gasteiger charge is 2.43. The van der Waals surface area contributed by atoms with E-state index in [-0.39, 0.29) is 45.1 Å². The molecule has 0 amide bonds. The monoisotopic (exact) mass is 439 g/mol. The second-order valence-corrected chi connectivity index (χ2v) is 10.8. The van der Waals surface area contributed by atoms with Crippen LogP contribution in [-0.2, 0) is 9.59 Å². The number of ketones is 2. The van der Waals surface area contributed by atoms with Gasteiger partial charge in [-0.15, -0.1) is 0 Å². The average Bonchev–Trinajstić information content (AvgIpc) is 2.65. The van der Waals surface area contributed by atoms with Crippen molar-refractivity contribution in [1.82, 2.24) is 0 Å². The minimum Gasteiger partial charge on any atom is -0.512 e. The Balaban J connectivity index is 2.18. The van der Waals surface area contributed by atoms with E-state index < -0.39 is 5.92 Å². The van der Waals surface area contributed by atoms with Gasteiger partial charge in [-0.2, -0.15) is 0 Å². The van der Waals surface area contributed by atoms with Gasteiger partial charge in [-0.1, -0.05) is 39.8 Å². The van der Waals surface area contributed by atoms with Gasteiger partial charge in [0.25, 0.3) is 0 Å². The van der Waals surface area contributed by atoms with Gasteiger partial charge < -0.3 is 15.1 Å². The van der Waals surface area contributed by atoms with E-state index in [4.69, 9.17) is 0 Å². The average molecular weight is 440 g/mol. The molecule has 0 radical (unpaired) electrons. The summed E-state index contributed by atoms with van der Waals surface area (Å²) in [6.45, 7) is 13.8. The SMILES string of the molecule is CCN(CC)c1ccc(C(C2=C(O)CC(C)(C)CC2=O)C2=C(O)CC(C)(C)CC2=O)cc1. The molecule has 0 fully saturated rings. The molecule has 0 unspecified atom stereocenters. The number of hydrogen-bond donors (Lipinski definition) is 2. The number of carbonyl (C=O) groups excluding carboxylic acids is 2. The molecule has 0 saturated carbocycles. The normalized spacial score (nSPS) is 20.8. The Kier molecular flexibility index (Phi) is 6.60. The molecule has 32 heavy (non-hydrogen) atoms. The molecular formula is C27H37NO4. The van der Waals surface area contributed by atoms with Gasteiger partial charge in [-0.25, -0.2) is 0 Å². The fourth-order valence-electron chi connectivity index (χ4n) is 5.20. The third-order valence-corrected chi connectivity index (χ3v) is 6.73. The van der Waals surface area contributed by atoms with Crippen LogP contribution in [0, 0.1) is 10.8 Å². The van der Waals surface area contributed by atoms with E-state index in [0.29, 0.717) is 25.7 Å². The number of nitrogens with zero attached hydrogens (tertiary/aromatic N) is 1. The zero-order valence-electron chi connectivity index (χ0n) is 20.3. The third-order valence-electron chi connectivity index (χ3n) is 6.73. The molecule has 174 valence electrons. The molecule has 3 rings (SSSR count). The highest BCUT2D eigenvalue weighted by Crippen LogP contribution is 2.47. The van der Waals surface area contributed by atoms with Crippen molar-refractivity contribution in [2.45, 2.75) is 73.1 Å². The Morgan fingerprint density at radius 3 is 1.53 bits per heavy atom. The van der Waals surface area contributed by atoms with Crippen molar-refractivity contribution < 1.29 is 19.8 Å². The number of hydrogen-bond acceptors (Lipinski definition) is 5. The van der Waals surface area contributed by atoms with Crippen LogP contribution in [0.25, 0.3) is 0 Å². The van der Waals surface area contributed by atoms with Crippen molar-refractivity contribution in [3.8, 4) is 0 Å². The molecule has 0 aromatic heterocycles. The number of Topliss-reactive ketones (excluding diaryl/α,β-unsaturated/α-hetero) is 2. The Morgan fingerprint density at radius 2 is 1.19 bits per heavy atom. The zero-order valence-corrected chi connectivity index (χ0v) is 20.3. The van der Waals surface area contributed by atoms with Gasteiger partial charge in [-0.3, -0.25) is 9.59 Å². The van der Waals surface area contributed by atoms with Gasteiger partial charge in [0.15, 0.2) is 11.6 Å². The highest BCUT2D eigenvalue weighted by molar-refractivity contribution is 6.05. The van der Waals surface area contributed by atoms with E-state index in [2.05, 4.69) is 18.7 Å². The summed E-state index contributed by atoms with van der Waals surface area (Å²) in [5.74, 6) is -1.01. The van der Waals surface area contributed by atoms with Crippen LogP contribution < -0.4 is 4.90 Å². The maximum absolute atomic E-state index is 13.2. The second kappa shape index (κ2) is 8.76. The molecule has 0 spiro atoms. The van der Waals surface area contributed by atoms with Crippen molar-refractivity contribution in [3.63, 3.8) is 0 Å². The number of allylic oxidation sites excluding steroid dienone is 4. The lowest BCUT2D eigenvalue weighted by Gasteiger charge is -2.36. The van der Waals surface area contributed by atoms with Gasteiger partial charge in [0.05, 0.1) is 0 Å². The van der Waals surface area contributed by atoms with Crippen molar-refractivity contribution in [2.75, 3.05) is 18.0 Å². The number of aliphatic hydroxyl groups excluding tert-OH is 2. The zero-order chi connectivity index (χ0) is 23.8. The van der Waals surface area contributed by atoms with E-state index in [0.717, 1.165) is 24.3 Å². The fourth-order valence-corrected chi connectivity index (χ4v) is 5.20. The largest absolute Gasteiger partial charge is 0.512 e. The van der Waals surface area contributed by atoms with Gasteiger partial charge in [-0.05, 0) is 42.4 Å². The summed E-state index contributed by atoms with van der Waals surface area (Å²) in [4.78, 5) is 28.7. The predicted octanol–water partition coefficient (Wildman–Crippen LogP) is 6.02. The summed E-state index contributed by atoms with van der Waals surface area (Å²) in [7, 11) is 0. The molecule has 0 heterocycles. The van der Waals surface area contributed by atoms with Crippen LogP contribution in [0.15, 0.2) is 46.9 Å². The minimum absolute atomic E-state index is 0.0296. The van der Waals surface area contributed by atoms with E-state index in [9.17, 15) is 19.8 Å². The summed E-state index contributed by atoms with van der Waals surface area (Å²) in [6.07, 6.45) is 1.34. The van der Waals surface area contributed by atoms with Crippen LogP contribution in [-0.4, -0.2) is 34.9 Å². The fraction of sp³-hybridized carbons (Fsp3) is 0.556. The lowest BCUT2D eigenvalue weighted by molar-refractivity contribution is -0.119. The van der Waals surface area contributed by atoms with Crippen LogP contribution in [0.2, 0.25) is 0 Å². The molecule has 2 aliphatic rings. The van der Waals surface area contributed by atoms with Gasteiger partial charge in [0.1, 0.15) is 11.5 Å². The van der Waals surface area contributed by atoms with Crippen LogP contribution in [0.3, 0.4) is 0 Å². The molecule has 5 heteroatoms. The molecule has 0 aliphatic heterocycles. The summed E-state index contributed by atoms with van der Waals surface area (Å²) in [5, 5.41) is 21.9. The van der Waals surface area contributed by atoms with Crippen LogP contribution in [0.4, 0.5) is 5.69 Å². The molecule has 2 N–H and O–H groups in total. The Bertz CT molecular complexity index is 910. The Labute approximate surface area is 191 Å². The van der Waals surface area contributed by atoms with Gasteiger partial charge in [0, 0.05) is 61.5 Å². The molecule has 0 atom stereocenters. The quantitative estimate of drug-likeness (QED) is 0.567. The second-order valence-electron chi connectivity index (χ2n) is 10.8. The Morgan fingerprint density at radius 1 is 0.781 bits per heavy atom. The van der Waals surface area contributed by atoms with Crippen LogP contribution >= 0.6 is 0 Å². The van der Waals surface area contributed by atoms with E-state index in [1.807, 2.05) is 52.0 Å². The van der Waals surface area contributed by atoms with Crippen LogP contribution in [0.5, 0.6) is 0 Å². The molecule has 0 bridgehead atoms. The topological polar surface area (TPSA) is 77.8 Å². The highest BCUT2D eigenvalue weighted by atomic mass is 16.3. The molecule has 5 nitrogen and oxygen atoms in total. The van der Waals surface area contributed by atoms with Crippen molar-refractivity contribution >= 4 is 17.3 Å².